The molecule has 2 aromatic rings. The minimum absolute atomic E-state index is 0.00483. The summed E-state index contributed by atoms with van der Waals surface area (Å²) in [4.78, 5) is 23.9. The van der Waals surface area contributed by atoms with Gasteiger partial charge in [0.2, 0.25) is 0 Å². The summed E-state index contributed by atoms with van der Waals surface area (Å²) in [5.41, 5.74) is 0.451. The van der Waals surface area contributed by atoms with E-state index in [0.29, 0.717) is 11.1 Å². The van der Waals surface area contributed by atoms with Crippen molar-refractivity contribution in [3.05, 3.63) is 35.7 Å². The Hall–Kier alpha value is -2.38. The fourth-order valence-corrected chi connectivity index (χ4v) is 2.28. The number of hydrogen-bond donors (Lipinski definition) is 0. The molecule has 2 heterocycles. The summed E-state index contributed by atoms with van der Waals surface area (Å²) in [6.07, 6.45) is -3.42. The van der Waals surface area contributed by atoms with E-state index >= 15 is 0 Å². The van der Waals surface area contributed by atoms with Crippen LogP contribution in [0.25, 0.3) is 5.52 Å². The Kier molecular flexibility index (Phi) is 5.20. The molecule has 0 aliphatic rings. The van der Waals surface area contributed by atoms with Crippen LogP contribution >= 0.6 is 0 Å². The quantitative estimate of drug-likeness (QED) is 0.605. The Labute approximate surface area is 142 Å². The number of halogens is 3. The standard InChI is InChI=1S/C17H19F3N2O3/c1-16(2,3)25-15(24)9-11-5-7-22-13(8-11)12(10-21-22)14(23)4-6-17(18,19)20/h5,7-8,10H,4,6,9H2,1-3H3. The maximum absolute atomic E-state index is 12.3. The number of nitrogens with zero attached hydrogens (tertiary/aromatic N) is 2. The van der Waals surface area contributed by atoms with Crippen molar-refractivity contribution in [2.45, 2.75) is 51.8 Å². The molecule has 5 nitrogen and oxygen atoms in total. The predicted molar refractivity (Wildman–Crippen MR) is 84.4 cm³/mol. The van der Waals surface area contributed by atoms with Gasteiger partial charge in [-0.05, 0) is 38.5 Å². The third kappa shape index (κ3) is 5.58. The number of fused-ring (bicyclic) bond motifs is 1. The molecule has 0 aliphatic heterocycles. The number of esters is 1. The van der Waals surface area contributed by atoms with Gasteiger partial charge in [0.25, 0.3) is 0 Å². The SMILES string of the molecule is CC(C)(C)OC(=O)Cc1ccn2ncc(C(=O)CCC(F)(F)F)c2c1. The van der Waals surface area contributed by atoms with Gasteiger partial charge in [-0.2, -0.15) is 18.3 Å². The van der Waals surface area contributed by atoms with Crippen LogP contribution in [-0.4, -0.2) is 33.1 Å². The summed E-state index contributed by atoms with van der Waals surface area (Å²) in [6, 6.07) is 3.21. The molecule has 2 aromatic heterocycles. The number of hydrogen-bond acceptors (Lipinski definition) is 4. The molecule has 0 bridgehead atoms. The van der Waals surface area contributed by atoms with Gasteiger partial charge in [0, 0.05) is 12.6 Å². The van der Waals surface area contributed by atoms with Gasteiger partial charge >= 0.3 is 12.1 Å². The van der Waals surface area contributed by atoms with E-state index < -0.39 is 36.4 Å². The van der Waals surface area contributed by atoms with Gasteiger partial charge in [-0.1, -0.05) is 0 Å². The minimum atomic E-state index is -4.39. The van der Waals surface area contributed by atoms with E-state index in [1.807, 2.05) is 0 Å². The lowest BCUT2D eigenvalue weighted by atomic mass is 10.1. The molecule has 0 atom stereocenters. The molecule has 0 saturated heterocycles. The summed E-state index contributed by atoms with van der Waals surface area (Å²) in [5.74, 6) is -1.07. The summed E-state index contributed by atoms with van der Waals surface area (Å²) < 4.78 is 43.5. The first-order valence-electron chi connectivity index (χ1n) is 7.73. The molecule has 2 rings (SSSR count). The van der Waals surface area contributed by atoms with Crippen molar-refractivity contribution in [1.29, 1.82) is 0 Å². The summed E-state index contributed by atoms with van der Waals surface area (Å²) in [5, 5.41) is 3.96. The van der Waals surface area contributed by atoms with Crippen molar-refractivity contribution < 1.29 is 27.5 Å². The molecule has 0 fully saturated rings. The van der Waals surface area contributed by atoms with Crippen LogP contribution in [0, 0.1) is 0 Å². The van der Waals surface area contributed by atoms with Gasteiger partial charge in [0.15, 0.2) is 5.78 Å². The first-order valence-corrected chi connectivity index (χ1v) is 7.73. The Morgan fingerprint density at radius 3 is 2.52 bits per heavy atom. The number of aromatic nitrogens is 2. The molecule has 0 radical (unpaired) electrons. The van der Waals surface area contributed by atoms with Crippen LogP contribution in [0.15, 0.2) is 24.5 Å². The van der Waals surface area contributed by atoms with Crippen molar-refractivity contribution >= 4 is 17.3 Å². The third-order valence-electron chi connectivity index (χ3n) is 3.29. The van der Waals surface area contributed by atoms with Crippen LogP contribution < -0.4 is 0 Å². The zero-order valence-electron chi connectivity index (χ0n) is 14.2. The fraction of sp³-hybridized carbons (Fsp3) is 0.471. The first-order chi connectivity index (χ1) is 11.4. The minimum Gasteiger partial charge on any atom is -0.460 e. The largest absolute Gasteiger partial charge is 0.460 e. The molecular formula is C17H19F3N2O3. The highest BCUT2D eigenvalue weighted by atomic mass is 19.4. The van der Waals surface area contributed by atoms with Gasteiger partial charge in [-0.15, -0.1) is 0 Å². The van der Waals surface area contributed by atoms with Crippen LogP contribution in [0.4, 0.5) is 13.2 Å². The number of pyridine rings is 1. The molecule has 25 heavy (non-hydrogen) atoms. The lowest BCUT2D eigenvalue weighted by molar-refractivity contribution is -0.153. The number of Topliss-reactive ketones (excluding diaryl/α,β-unsaturated/α-hetero) is 1. The van der Waals surface area contributed by atoms with Crippen molar-refractivity contribution in [3.63, 3.8) is 0 Å². The van der Waals surface area contributed by atoms with Crippen LogP contribution in [0.5, 0.6) is 0 Å². The Morgan fingerprint density at radius 1 is 1.24 bits per heavy atom. The second-order valence-electron chi connectivity index (χ2n) is 6.72. The Balaban J connectivity index is 2.18. The zero-order chi connectivity index (χ0) is 18.8. The van der Waals surface area contributed by atoms with Gasteiger partial charge in [-0.25, -0.2) is 4.52 Å². The van der Waals surface area contributed by atoms with Crippen molar-refractivity contribution in [3.8, 4) is 0 Å². The normalized spacial score (nSPS) is 12.4. The Bertz CT molecular complexity index is 789. The number of ketones is 1. The van der Waals surface area contributed by atoms with Crippen LogP contribution in [0.3, 0.4) is 0 Å². The smallest absolute Gasteiger partial charge is 0.389 e. The lowest BCUT2D eigenvalue weighted by Crippen LogP contribution is -2.24. The highest BCUT2D eigenvalue weighted by molar-refractivity contribution is 6.02. The van der Waals surface area contributed by atoms with Crippen LogP contribution in [0.1, 0.15) is 49.5 Å². The number of carbonyl (C=O) groups is 2. The molecule has 0 spiro atoms. The number of alkyl halides is 3. The molecule has 0 saturated carbocycles. The van der Waals surface area contributed by atoms with E-state index in [1.54, 1.807) is 39.1 Å². The zero-order valence-corrected chi connectivity index (χ0v) is 14.2. The maximum Gasteiger partial charge on any atom is 0.389 e. The summed E-state index contributed by atoms with van der Waals surface area (Å²) in [6.45, 7) is 5.26. The third-order valence-corrected chi connectivity index (χ3v) is 3.29. The van der Waals surface area contributed by atoms with Crippen molar-refractivity contribution in [1.82, 2.24) is 9.61 Å². The molecule has 0 N–H and O–H groups in total. The van der Waals surface area contributed by atoms with E-state index in [1.165, 1.54) is 10.7 Å². The maximum atomic E-state index is 12.3. The highest BCUT2D eigenvalue weighted by Crippen LogP contribution is 2.24. The van der Waals surface area contributed by atoms with Crippen LogP contribution in [0.2, 0.25) is 0 Å². The highest BCUT2D eigenvalue weighted by Gasteiger charge is 2.28. The van der Waals surface area contributed by atoms with Gasteiger partial charge < -0.3 is 4.74 Å². The van der Waals surface area contributed by atoms with Crippen molar-refractivity contribution in [2.75, 3.05) is 0 Å². The number of rotatable bonds is 5. The average molecular weight is 356 g/mol. The topological polar surface area (TPSA) is 60.7 Å². The summed E-state index contributed by atoms with van der Waals surface area (Å²) in [7, 11) is 0. The van der Waals surface area contributed by atoms with E-state index in [4.69, 9.17) is 4.74 Å². The molecule has 0 unspecified atom stereocenters. The second kappa shape index (κ2) is 6.85. The van der Waals surface area contributed by atoms with Crippen LogP contribution in [-0.2, 0) is 16.0 Å². The van der Waals surface area contributed by atoms with E-state index in [9.17, 15) is 22.8 Å². The average Bonchev–Trinajstić information content (AvgIpc) is 2.85. The first kappa shape index (κ1) is 19.0. The van der Waals surface area contributed by atoms with Crippen molar-refractivity contribution in [2.24, 2.45) is 0 Å². The summed E-state index contributed by atoms with van der Waals surface area (Å²) >= 11 is 0. The molecule has 0 aliphatic carbocycles. The van der Waals surface area contributed by atoms with E-state index in [-0.39, 0.29) is 12.0 Å². The Morgan fingerprint density at radius 2 is 1.92 bits per heavy atom. The second-order valence-corrected chi connectivity index (χ2v) is 6.72. The van der Waals surface area contributed by atoms with Gasteiger partial charge in [-0.3, -0.25) is 9.59 Å². The number of carbonyl (C=O) groups excluding carboxylic acids is 2. The molecule has 0 amide bonds. The van der Waals surface area contributed by atoms with Gasteiger partial charge in [0.05, 0.1) is 30.1 Å². The predicted octanol–water partition coefficient (Wildman–Crippen LogP) is 3.74. The van der Waals surface area contributed by atoms with E-state index in [0.717, 1.165) is 0 Å². The molecule has 136 valence electrons. The van der Waals surface area contributed by atoms with E-state index in [2.05, 4.69) is 5.10 Å². The monoisotopic (exact) mass is 356 g/mol. The molecule has 0 aromatic carbocycles. The fourth-order valence-electron chi connectivity index (χ4n) is 2.28. The molecule has 8 heteroatoms. The molecular weight excluding hydrogens is 337 g/mol. The lowest BCUT2D eigenvalue weighted by Gasteiger charge is -2.19. The number of ether oxygens (including phenoxy) is 1. The van der Waals surface area contributed by atoms with Gasteiger partial charge in [0.1, 0.15) is 5.60 Å².